The maximum absolute atomic E-state index is 9.50. The number of piperidine rings is 1. The molecule has 96 valence electrons. The fourth-order valence-corrected chi connectivity index (χ4v) is 2.82. The summed E-state index contributed by atoms with van der Waals surface area (Å²) in [5, 5.41) is 18.5. The fourth-order valence-electron chi connectivity index (χ4n) is 2.82. The minimum atomic E-state index is 0.119. The van der Waals surface area contributed by atoms with Crippen LogP contribution in [0.2, 0.25) is 0 Å². The highest BCUT2D eigenvalue weighted by atomic mass is 16.3. The molecule has 0 saturated carbocycles. The van der Waals surface area contributed by atoms with E-state index in [1.807, 2.05) is 18.2 Å². The predicted molar refractivity (Wildman–Crippen MR) is 70.8 cm³/mol. The van der Waals surface area contributed by atoms with Crippen molar-refractivity contribution in [3.05, 3.63) is 35.9 Å². The largest absolute Gasteiger partial charge is 0.395 e. The van der Waals surface area contributed by atoms with E-state index in [0.717, 1.165) is 19.4 Å². The monoisotopic (exact) mass is 244 g/mol. The van der Waals surface area contributed by atoms with E-state index < -0.39 is 0 Å². The second kappa shape index (κ2) is 6.53. The van der Waals surface area contributed by atoms with Crippen LogP contribution in [0, 0.1) is 11.3 Å². The molecular formula is C15H20N2O. The van der Waals surface area contributed by atoms with Crippen molar-refractivity contribution < 1.29 is 5.11 Å². The molecule has 0 aromatic heterocycles. The highest BCUT2D eigenvalue weighted by molar-refractivity contribution is 5.20. The fraction of sp³-hybridized carbons (Fsp3) is 0.533. The van der Waals surface area contributed by atoms with Gasteiger partial charge in [-0.1, -0.05) is 36.8 Å². The molecular weight excluding hydrogens is 224 g/mol. The summed E-state index contributed by atoms with van der Waals surface area (Å²) < 4.78 is 0. The number of hydrogen-bond donors (Lipinski definition) is 1. The van der Waals surface area contributed by atoms with E-state index in [4.69, 9.17) is 5.26 Å². The predicted octanol–water partition coefficient (Wildman–Crippen LogP) is 2.49. The summed E-state index contributed by atoms with van der Waals surface area (Å²) in [5.41, 5.74) is 1.18. The molecule has 2 unspecified atom stereocenters. The number of hydrogen-bond acceptors (Lipinski definition) is 3. The number of nitrogens with zero attached hydrogens (tertiary/aromatic N) is 2. The van der Waals surface area contributed by atoms with E-state index in [2.05, 4.69) is 23.1 Å². The lowest BCUT2D eigenvalue weighted by Gasteiger charge is -2.40. The van der Waals surface area contributed by atoms with Crippen LogP contribution in [-0.2, 0) is 0 Å². The average Bonchev–Trinajstić information content (AvgIpc) is 2.46. The van der Waals surface area contributed by atoms with Gasteiger partial charge < -0.3 is 5.11 Å². The molecule has 1 heterocycles. The van der Waals surface area contributed by atoms with Gasteiger partial charge in [0.25, 0.3) is 0 Å². The van der Waals surface area contributed by atoms with E-state index in [0.29, 0.717) is 6.42 Å². The normalized spacial score (nSPS) is 22.3. The third kappa shape index (κ3) is 2.90. The molecule has 0 spiro atoms. The summed E-state index contributed by atoms with van der Waals surface area (Å²) in [6.45, 7) is 1.17. The third-order valence-electron chi connectivity index (χ3n) is 3.75. The Morgan fingerprint density at radius 2 is 2.11 bits per heavy atom. The Morgan fingerprint density at radius 3 is 2.78 bits per heavy atom. The summed E-state index contributed by atoms with van der Waals surface area (Å²) >= 11 is 0. The Labute approximate surface area is 109 Å². The Bertz CT molecular complexity index is 399. The van der Waals surface area contributed by atoms with Gasteiger partial charge in [-0.25, -0.2) is 0 Å². The van der Waals surface area contributed by atoms with Gasteiger partial charge in [-0.3, -0.25) is 4.90 Å². The van der Waals surface area contributed by atoms with Crippen LogP contribution >= 0.6 is 0 Å². The van der Waals surface area contributed by atoms with Crippen molar-refractivity contribution in [1.82, 2.24) is 4.90 Å². The van der Waals surface area contributed by atoms with Crippen LogP contribution in [0.4, 0.5) is 0 Å². The first kappa shape index (κ1) is 13.1. The number of aliphatic hydroxyl groups is 1. The summed E-state index contributed by atoms with van der Waals surface area (Å²) in [6, 6.07) is 12.8. The highest BCUT2D eigenvalue weighted by Crippen LogP contribution is 2.30. The second-order valence-electron chi connectivity index (χ2n) is 4.86. The molecule has 1 aliphatic heterocycles. The number of benzene rings is 1. The van der Waals surface area contributed by atoms with Crippen LogP contribution in [0.3, 0.4) is 0 Å². The van der Waals surface area contributed by atoms with Crippen molar-refractivity contribution in [2.75, 3.05) is 13.2 Å². The standard InChI is InChI=1S/C15H20N2O/c16-10-9-15(13-6-2-1-3-7-13)17-11-5-4-8-14(17)12-18/h1-3,6-7,14-15,18H,4-5,8-9,11-12H2. The second-order valence-corrected chi connectivity index (χ2v) is 4.86. The van der Waals surface area contributed by atoms with E-state index >= 15 is 0 Å². The van der Waals surface area contributed by atoms with Crippen molar-refractivity contribution in [1.29, 1.82) is 5.26 Å². The van der Waals surface area contributed by atoms with Crippen molar-refractivity contribution in [2.45, 2.75) is 37.8 Å². The van der Waals surface area contributed by atoms with Gasteiger partial charge in [0.05, 0.1) is 19.1 Å². The Morgan fingerprint density at radius 1 is 1.33 bits per heavy atom. The van der Waals surface area contributed by atoms with Crippen molar-refractivity contribution in [3.8, 4) is 6.07 Å². The molecule has 18 heavy (non-hydrogen) atoms. The van der Waals surface area contributed by atoms with Gasteiger partial charge in [-0.15, -0.1) is 0 Å². The van der Waals surface area contributed by atoms with Gasteiger partial charge in [-0.2, -0.15) is 5.26 Å². The van der Waals surface area contributed by atoms with Gasteiger partial charge in [0.15, 0.2) is 0 Å². The summed E-state index contributed by atoms with van der Waals surface area (Å²) in [4.78, 5) is 2.31. The smallest absolute Gasteiger partial charge is 0.0641 e. The van der Waals surface area contributed by atoms with Gasteiger partial charge in [0.1, 0.15) is 0 Å². The van der Waals surface area contributed by atoms with Gasteiger partial charge in [0.2, 0.25) is 0 Å². The lowest BCUT2D eigenvalue weighted by molar-refractivity contribution is 0.0538. The summed E-state index contributed by atoms with van der Waals surface area (Å²) in [5.74, 6) is 0. The molecule has 3 heteroatoms. The van der Waals surface area contributed by atoms with Gasteiger partial charge in [0, 0.05) is 12.1 Å². The van der Waals surface area contributed by atoms with Crippen molar-refractivity contribution in [2.24, 2.45) is 0 Å². The van der Waals surface area contributed by atoms with Crippen LogP contribution in [0.25, 0.3) is 0 Å². The quantitative estimate of drug-likeness (QED) is 0.885. The molecule has 2 rings (SSSR count). The molecule has 1 N–H and O–H groups in total. The Hall–Kier alpha value is -1.37. The van der Waals surface area contributed by atoms with Crippen LogP contribution in [0.15, 0.2) is 30.3 Å². The molecule has 0 radical (unpaired) electrons. The topological polar surface area (TPSA) is 47.3 Å². The van der Waals surface area contributed by atoms with Gasteiger partial charge >= 0.3 is 0 Å². The minimum Gasteiger partial charge on any atom is -0.395 e. The van der Waals surface area contributed by atoms with Crippen LogP contribution < -0.4 is 0 Å². The number of aliphatic hydroxyl groups excluding tert-OH is 1. The van der Waals surface area contributed by atoms with E-state index in [1.54, 1.807) is 0 Å². The number of nitriles is 1. The maximum Gasteiger partial charge on any atom is 0.0641 e. The van der Waals surface area contributed by atoms with Crippen molar-refractivity contribution >= 4 is 0 Å². The zero-order chi connectivity index (χ0) is 12.8. The molecule has 2 atom stereocenters. The zero-order valence-electron chi connectivity index (χ0n) is 10.6. The highest BCUT2D eigenvalue weighted by Gasteiger charge is 2.29. The molecule has 1 aromatic carbocycles. The summed E-state index contributed by atoms with van der Waals surface area (Å²) in [7, 11) is 0. The lowest BCUT2D eigenvalue weighted by Crippen LogP contribution is -2.44. The van der Waals surface area contributed by atoms with Crippen LogP contribution in [0.1, 0.15) is 37.3 Å². The third-order valence-corrected chi connectivity index (χ3v) is 3.75. The van der Waals surface area contributed by atoms with E-state index in [1.165, 1.54) is 12.0 Å². The molecule has 1 fully saturated rings. The Balaban J connectivity index is 2.21. The first-order valence-electron chi connectivity index (χ1n) is 6.65. The van der Waals surface area contributed by atoms with Crippen LogP contribution in [0.5, 0.6) is 0 Å². The first-order chi connectivity index (χ1) is 8.86. The van der Waals surface area contributed by atoms with Gasteiger partial charge in [-0.05, 0) is 24.9 Å². The lowest BCUT2D eigenvalue weighted by atomic mass is 9.95. The number of rotatable bonds is 4. The van der Waals surface area contributed by atoms with E-state index in [9.17, 15) is 5.11 Å². The van der Waals surface area contributed by atoms with E-state index in [-0.39, 0.29) is 18.7 Å². The summed E-state index contributed by atoms with van der Waals surface area (Å²) in [6.07, 6.45) is 3.85. The molecule has 1 aliphatic rings. The van der Waals surface area contributed by atoms with Crippen LogP contribution in [-0.4, -0.2) is 29.2 Å². The maximum atomic E-state index is 9.50. The zero-order valence-corrected chi connectivity index (χ0v) is 10.6. The first-order valence-corrected chi connectivity index (χ1v) is 6.65. The molecule has 0 bridgehead atoms. The minimum absolute atomic E-state index is 0.119. The number of likely N-dealkylation sites (tertiary alicyclic amines) is 1. The average molecular weight is 244 g/mol. The molecule has 3 nitrogen and oxygen atoms in total. The molecule has 0 amide bonds. The SMILES string of the molecule is N#CCC(c1ccccc1)N1CCCCC1CO. The molecule has 0 aliphatic carbocycles. The van der Waals surface area contributed by atoms with Crippen molar-refractivity contribution in [3.63, 3.8) is 0 Å². The Kier molecular flexibility index (Phi) is 4.74. The molecule has 1 aromatic rings. The molecule has 1 saturated heterocycles.